The lowest BCUT2D eigenvalue weighted by Crippen LogP contribution is -2.48. The number of piperidine rings is 1. The zero-order valence-corrected chi connectivity index (χ0v) is 36.7. The van der Waals surface area contributed by atoms with E-state index < -0.39 is 37.3 Å². The standard InChI is InChI=1S/C46H58F2N4O6Si/c1-27(2)59(28(3)4,29(5)6)19-13-35-37(48)11-10-31-20-34(57-26-55-8)21-36(38(31)35)41-30(7)40-39(43(54)58-41)42(52-24-33(53)12-15-45(52)16-17-45)50-44(49-40)56-25-46-14-9-18-51(46)23-32(47)22-46/h10-11,20-21,27-29,32-33,53H,9,12,14-18,22-26H2,1-8H3/t32-,33?,46+/m1/s1. The Balaban J connectivity index is 1.36. The van der Waals surface area contributed by atoms with Gasteiger partial charge >= 0.3 is 11.6 Å². The molecule has 1 N–H and O–H groups in total. The molecule has 10 nitrogen and oxygen atoms in total. The number of hydrogen-bond donors (Lipinski definition) is 1. The van der Waals surface area contributed by atoms with E-state index in [0.717, 1.165) is 38.6 Å². The van der Waals surface area contributed by atoms with Crippen molar-refractivity contribution in [2.24, 2.45) is 0 Å². The van der Waals surface area contributed by atoms with E-state index in [4.69, 9.17) is 28.6 Å². The second-order valence-electron chi connectivity index (χ2n) is 18.5. The Morgan fingerprint density at radius 3 is 2.46 bits per heavy atom. The largest absolute Gasteiger partial charge is 0.468 e. The molecule has 3 saturated heterocycles. The lowest BCUT2D eigenvalue weighted by atomic mass is 9.94. The Morgan fingerprint density at radius 1 is 1.02 bits per heavy atom. The van der Waals surface area contributed by atoms with Crippen molar-refractivity contribution in [3.8, 4) is 34.5 Å². The summed E-state index contributed by atoms with van der Waals surface area (Å²) in [6.45, 7) is 16.8. The van der Waals surface area contributed by atoms with Crippen molar-refractivity contribution in [3.63, 3.8) is 0 Å². The van der Waals surface area contributed by atoms with Crippen molar-refractivity contribution >= 4 is 35.6 Å². The van der Waals surface area contributed by atoms with E-state index in [1.54, 1.807) is 12.1 Å². The summed E-state index contributed by atoms with van der Waals surface area (Å²) in [6, 6.07) is 6.73. The predicted molar refractivity (Wildman–Crippen MR) is 229 cm³/mol. The van der Waals surface area contributed by atoms with Gasteiger partial charge in [0.15, 0.2) is 12.6 Å². The maximum Gasteiger partial charge on any atom is 0.349 e. The molecular weight excluding hydrogens is 771 g/mol. The monoisotopic (exact) mass is 828 g/mol. The Labute approximate surface area is 346 Å². The third kappa shape index (κ3) is 7.21. The Morgan fingerprint density at radius 2 is 1.76 bits per heavy atom. The summed E-state index contributed by atoms with van der Waals surface area (Å²) >= 11 is 0. The first-order chi connectivity index (χ1) is 28.1. The van der Waals surface area contributed by atoms with Crippen LogP contribution in [0.15, 0.2) is 33.5 Å². The summed E-state index contributed by atoms with van der Waals surface area (Å²) in [5.74, 6) is 3.89. The van der Waals surface area contributed by atoms with Gasteiger partial charge in [0.25, 0.3) is 0 Å². The van der Waals surface area contributed by atoms with Crippen LogP contribution in [0.5, 0.6) is 11.8 Å². The summed E-state index contributed by atoms with van der Waals surface area (Å²) in [6.07, 6.45) is 3.86. The highest BCUT2D eigenvalue weighted by Gasteiger charge is 2.53. The van der Waals surface area contributed by atoms with Gasteiger partial charge in [-0.3, -0.25) is 4.90 Å². The van der Waals surface area contributed by atoms with Crippen LogP contribution in [-0.2, 0) is 4.74 Å². The van der Waals surface area contributed by atoms with E-state index in [9.17, 15) is 14.3 Å². The van der Waals surface area contributed by atoms with E-state index in [1.807, 2.05) is 17.9 Å². The van der Waals surface area contributed by atoms with E-state index >= 15 is 4.39 Å². The number of rotatable bonds is 11. The van der Waals surface area contributed by atoms with Crippen LogP contribution in [0.4, 0.5) is 14.6 Å². The molecule has 13 heteroatoms. The van der Waals surface area contributed by atoms with E-state index in [2.05, 4.69) is 57.9 Å². The fraction of sp³-hybridized carbons (Fsp3) is 0.587. The number of ether oxygens (including phenoxy) is 3. The predicted octanol–water partition coefficient (Wildman–Crippen LogP) is 8.85. The van der Waals surface area contributed by atoms with Crippen LogP contribution in [0.2, 0.25) is 16.6 Å². The number of β-amino-alcohol motifs (C(OH)–C–C–N with tert-alkyl or cyclic N) is 1. The van der Waals surface area contributed by atoms with Crippen LogP contribution in [0.1, 0.15) is 97.6 Å². The number of aryl methyl sites for hydroxylation is 1. The lowest BCUT2D eigenvalue weighted by Gasteiger charge is -2.40. The van der Waals surface area contributed by atoms with Crippen LogP contribution in [0.25, 0.3) is 33.0 Å². The van der Waals surface area contributed by atoms with Gasteiger partial charge in [-0.25, -0.2) is 13.6 Å². The van der Waals surface area contributed by atoms with Gasteiger partial charge in [0.1, 0.15) is 43.6 Å². The Bertz CT molecular complexity index is 2370. The summed E-state index contributed by atoms with van der Waals surface area (Å²) in [4.78, 5) is 28.7. The third-order valence-electron chi connectivity index (χ3n) is 14.1. The minimum absolute atomic E-state index is 0.0342. The molecule has 2 aromatic heterocycles. The van der Waals surface area contributed by atoms with E-state index in [0.29, 0.717) is 81.5 Å². The number of benzene rings is 2. The van der Waals surface area contributed by atoms with Crippen molar-refractivity contribution in [2.75, 3.05) is 45.0 Å². The number of fused-ring (bicyclic) bond motifs is 3. The molecule has 1 aliphatic carbocycles. The molecule has 0 amide bonds. The van der Waals surface area contributed by atoms with Gasteiger partial charge in [-0.15, -0.1) is 5.54 Å². The molecule has 2 aromatic carbocycles. The highest BCUT2D eigenvalue weighted by molar-refractivity contribution is 6.90. The van der Waals surface area contributed by atoms with Crippen molar-refractivity contribution in [3.05, 3.63) is 51.6 Å². The molecule has 1 spiro atoms. The molecule has 316 valence electrons. The third-order valence-corrected chi connectivity index (χ3v) is 20.4. The van der Waals surface area contributed by atoms with Crippen molar-refractivity contribution in [1.82, 2.24) is 14.9 Å². The van der Waals surface area contributed by atoms with Crippen LogP contribution in [0, 0.1) is 24.2 Å². The number of anilines is 1. The van der Waals surface area contributed by atoms with E-state index in [-0.39, 0.29) is 41.7 Å². The summed E-state index contributed by atoms with van der Waals surface area (Å²) in [7, 11) is -0.763. The molecule has 1 unspecified atom stereocenters. The Hall–Kier alpha value is -4.09. The van der Waals surface area contributed by atoms with Crippen molar-refractivity contribution < 1.29 is 32.5 Å². The summed E-state index contributed by atoms with van der Waals surface area (Å²) in [5.41, 5.74) is 4.83. The smallest absolute Gasteiger partial charge is 0.349 e. The first-order valence-electron chi connectivity index (χ1n) is 21.4. The van der Waals surface area contributed by atoms with Gasteiger partial charge in [0.05, 0.1) is 22.7 Å². The van der Waals surface area contributed by atoms with Gasteiger partial charge in [0.2, 0.25) is 0 Å². The molecule has 5 heterocycles. The molecule has 0 bridgehead atoms. The summed E-state index contributed by atoms with van der Waals surface area (Å²) in [5, 5.41) is 12.3. The molecule has 0 radical (unpaired) electrons. The number of aliphatic hydroxyl groups is 1. The number of methoxy groups -OCH3 is 1. The molecular formula is C46H58F2N4O6Si. The van der Waals surface area contributed by atoms with Gasteiger partial charge in [0, 0.05) is 48.7 Å². The maximum absolute atomic E-state index is 16.4. The normalized spacial score (nSPS) is 22.8. The average molecular weight is 829 g/mol. The van der Waals surface area contributed by atoms with Crippen molar-refractivity contribution in [2.45, 2.75) is 133 Å². The number of aliphatic hydroxyl groups excluding tert-OH is 1. The number of hydrogen-bond acceptors (Lipinski definition) is 10. The van der Waals surface area contributed by atoms with Crippen molar-refractivity contribution in [1.29, 1.82) is 0 Å². The second kappa shape index (κ2) is 15.7. The van der Waals surface area contributed by atoms with Gasteiger partial charge in [-0.05, 0) is 92.2 Å². The average Bonchev–Trinajstić information content (AvgIpc) is 3.76. The molecule has 4 aromatic rings. The van der Waals surface area contributed by atoms with Crippen LogP contribution < -0.4 is 20.0 Å². The topological polar surface area (TPSA) is 110 Å². The number of aromatic nitrogens is 2. The van der Waals surface area contributed by atoms with E-state index in [1.165, 1.54) is 13.2 Å². The first-order valence-corrected chi connectivity index (χ1v) is 23.6. The summed E-state index contributed by atoms with van der Waals surface area (Å²) < 4.78 is 55.2. The quantitative estimate of drug-likeness (QED) is 0.0895. The number of nitrogens with zero attached hydrogens (tertiary/aromatic N) is 4. The number of halogens is 2. The number of alkyl halides is 1. The van der Waals surface area contributed by atoms with Crippen LogP contribution in [0.3, 0.4) is 0 Å². The highest BCUT2D eigenvalue weighted by atomic mass is 28.3. The highest BCUT2D eigenvalue weighted by Crippen LogP contribution is 2.51. The molecule has 59 heavy (non-hydrogen) atoms. The fourth-order valence-corrected chi connectivity index (χ4v) is 16.2. The molecule has 4 aliphatic rings. The van der Waals surface area contributed by atoms with Crippen LogP contribution >= 0.6 is 0 Å². The lowest BCUT2D eigenvalue weighted by molar-refractivity contribution is 0.0512. The molecule has 8 rings (SSSR count). The fourth-order valence-electron chi connectivity index (χ4n) is 11.0. The zero-order chi connectivity index (χ0) is 42.0. The van der Waals surface area contributed by atoms with Gasteiger partial charge in [-0.2, -0.15) is 9.97 Å². The SMILES string of the molecule is COCOc1cc(-c2oc(=O)c3c(N4CC(O)CCC45CC5)nc(OC[C@@]45CCCN4C[C@H](F)C5)nc3c2C)c2c(C#C[Si](C(C)C)(C(C)C)C(C)C)c(F)ccc2c1. The molecule has 4 fully saturated rings. The minimum atomic E-state index is -2.29. The molecule has 3 aliphatic heterocycles. The molecule has 3 atom stereocenters. The van der Waals surface area contributed by atoms with Crippen LogP contribution in [-0.4, -0.2) is 91.5 Å². The molecule has 1 saturated carbocycles. The minimum Gasteiger partial charge on any atom is -0.468 e. The zero-order valence-electron chi connectivity index (χ0n) is 35.7. The Kier molecular flexibility index (Phi) is 11.1. The van der Waals surface area contributed by atoms with Gasteiger partial charge < -0.3 is 28.6 Å². The first kappa shape index (κ1) is 41.6. The van der Waals surface area contributed by atoms with Gasteiger partial charge in [-0.1, -0.05) is 53.5 Å². The second-order valence-corrected chi connectivity index (χ2v) is 24.1. The maximum atomic E-state index is 16.4.